The summed E-state index contributed by atoms with van der Waals surface area (Å²) in [5.41, 5.74) is 2.98. The first-order valence-electron chi connectivity index (χ1n) is 9.25. The Morgan fingerprint density at radius 1 is 0.897 bits per heavy atom. The van der Waals surface area contributed by atoms with Crippen LogP contribution >= 0.6 is 23.2 Å². The molecule has 0 bridgehead atoms. The Hall–Kier alpha value is -2.66. The van der Waals surface area contributed by atoms with Crippen molar-refractivity contribution < 1.29 is 4.79 Å². The lowest BCUT2D eigenvalue weighted by Gasteiger charge is -2.27. The van der Waals surface area contributed by atoms with Crippen molar-refractivity contribution in [2.75, 3.05) is 6.54 Å². The zero-order chi connectivity index (χ0) is 20.2. The maximum atomic E-state index is 12.8. The molecule has 4 nitrogen and oxygen atoms in total. The van der Waals surface area contributed by atoms with E-state index < -0.39 is 0 Å². The summed E-state index contributed by atoms with van der Waals surface area (Å²) < 4.78 is 0. The van der Waals surface area contributed by atoms with Gasteiger partial charge in [0.25, 0.3) is 5.91 Å². The van der Waals surface area contributed by atoms with E-state index in [2.05, 4.69) is 22.1 Å². The second kappa shape index (κ2) is 8.78. The topological polar surface area (TPSA) is 35.9 Å². The molecule has 0 radical (unpaired) electrons. The Morgan fingerprint density at radius 2 is 1.52 bits per heavy atom. The monoisotopic (exact) mass is 423 g/mol. The lowest BCUT2D eigenvalue weighted by Crippen LogP contribution is -2.28. The van der Waals surface area contributed by atoms with Crippen LogP contribution in [0.15, 0.2) is 84.0 Å². The van der Waals surface area contributed by atoms with Gasteiger partial charge in [-0.3, -0.25) is 9.69 Å². The predicted molar refractivity (Wildman–Crippen MR) is 117 cm³/mol. The zero-order valence-corrected chi connectivity index (χ0v) is 17.1. The highest BCUT2D eigenvalue weighted by Gasteiger charge is 2.38. The van der Waals surface area contributed by atoms with E-state index in [4.69, 9.17) is 23.2 Å². The van der Waals surface area contributed by atoms with Crippen molar-refractivity contribution in [3.63, 3.8) is 0 Å². The number of carbonyl (C=O) groups is 1. The number of nitrogens with zero attached hydrogens (tertiary/aromatic N) is 3. The molecule has 1 heterocycles. The lowest BCUT2D eigenvalue weighted by atomic mass is 10.1. The van der Waals surface area contributed by atoms with Crippen LogP contribution in [0.4, 0.5) is 0 Å². The molecule has 29 heavy (non-hydrogen) atoms. The van der Waals surface area contributed by atoms with Crippen LogP contribution < -0.4 is 0 Å². The average molecular weight is 424 g/mol. The van der Waals surface area contributed by atoms with Crippen molar-refractivity contribution in [2.45, 2.75) is 12.7 Å². The highest BCUT2D eigenvalue weighted by molar-refractivity contribution is 6.30. The molecule has 3 aromatic rings. The molecule has 4 rings (SSSR count). The summed E-state index contributed by atoms with van der Waals surface area (Å²) in [7, 11) is 0. The van der Waals surface area contributed by atoms with Crippen molar-refractivity contribution in [2.24, 2.45) is 5.10 Å². The fraction of sp³-hybridized carbons (Fsp3) is 0.130. The van der Waals surface area contributed by atoms with E-state index >= 15 is 0 Å². The average Bonchev–Trinajstić information content (AvgIpc) is 3.04. The van der Waals surface area contributed by atoms with Gasteiger partial charge in [-0.2, -0.15) is 5.10 Å². The Kier molecular flexibility index (Phi) is 5.95. The third-order valence-corrected chi connectivity index (χ3v) is 5.27. The minimum atomic E-state index is -0.302. The highest BCUT2D eigenvalue weighted by atomic mass is 35.5. The van der Waals surface area contributed by atoms with Crippen molar-refractivity contribution in [1.29, 1.82) is 0 Å². The van der Waals surface area contributed by atoms with E-state index in [0.717, 1.165) is 16.7 Å². The first-order valence-corrected chi connectivity index (χ1v) is 10.0. The summed E-state index contributed by atoms with van der Waals surface area (Å²) >= 11 is 12.0. The highest BCUT2D eigenvalue weighted by Crippen LogP contribution is 2.33. The van der Waals surface area contributed by atoms with Gasteiger partial charge in [0, 0.05) is 16.6 Å². The van der Waals surface area contributed by atoms with E-state index in [0.29, 0.717) is 23.1 Å². The molecule has 6 heteroatoms. The molecule has 3 aromatic carbocycles. The van der Waals surface area contributed by atoms with Crippen LogP contribution in [-0.4, -0.2) is 28.6 Å². The Balaban J connectivity index is 1.65. The number of amides is 1. The summed E-state index contributed by atoms with van der Waals surface area (Å²) in [6, 6.07) is 25.0. The first-order chi connectivity index (χ1) is 14.1. The molecular formula is C23H19Cl2N3O. The van der Waals surface area contributed by atoms with Gasteiger partial charge in [-0.25, -0.2) is 5.01 Å². The van der Waals surface area contributed by atoms with Crippen molar-refractivity contribution >= 4 is 35.3 Å². The zero-order valence-electron chi connectivity index (χ0n) is 15.6. The molecule has 1 fully saturated rings. The first kappa shape index (κ1) is 19.6. The number of benzene rings is 3. The summed E-state index contributed by atoms with van der Waals surface area (Å²) in [4.78, 5) is 14.9. The van der Waals surface area contributed by atoms with Crippen LogP contribution in [0.25, 0.3) is 0 Å². The summed E-state index contributed by atoms with van der Waals surface area (Å²) in [5, 5.41) is 7.38. The quantitative estimate of drug-likeness (QED) is 0.517. The van der Waals surface area contributed by atoms with Crippen LogP contribution in [0.2, 0.25) is 10.0 Å². The van der Waals surface area contributed by atoms with Crippen LogP contribution in [0.1, 0.15) is 22.9 Å². The molecule has 1 atom stereocenters. The summed E-state index contributed by atoms with van der Waals surface area (Å²) in [6.07, 6.45) is 1.38. The molecule has 146 valence electrons. The Morgan fingerprint density at radius 3 is 2.17 bits per heavy atom. The number of carbonyl (C=O) groups excluding carboxylic acids is 1. The number of halogens is 2. The molecule has 1 aliphatic rings. The van der Waals surface area contributed by atoms with Crippen LogP contribution in [0.3, 0.4) is 0 Å². The van der Waals surface area contributed by atoms with Gasteiger partial charge in [0.05, 0.1) is 12.8 Å². The predicted octanol–water partition coefficient (Wildman–Crippen LogP) is 5.37. The maximum Gasteiger partial charge on any atom is 0.258 e. The smallest absolute Gasteiger partial charge is 0.258 e. The molecular weight excluding hydrogens is 405 g/mol. The Labute approximate surface area is 180 Å². The van der Waals surface area contributed by atoms with E-state index in [1.54, 1.807) is 23.4 Å². The largest absolute Gasteiger partial charge is 0.271 e. The van der Waals surface area contributed by atoms with Crippen LogP contribution in [0, 0.1) is 0 Å². The van der Waals surface area contributed by atoms with Gasteiger partial charge in [0.15, 0.2) is 0 Å². The summed E-state index contributed by atoms with van der Waals surface area (Å²) in [6.45, 7) is 0.937. The number of hydrazone groups is 1. The third kappa shape index (κ3) is 4.67. The van der Waals surface area contributed by atoms with Gasteiger partial charge < -0.3 is 0 Å². The van der Waals surface area contributed by atoms with Crippen molar-refractivity contribution in [3.05, 3.63) is 106 Å². The molecule has 0 N–H and O–H groups in total. The Bertz CT molecular complexity index is 1000. The van der Waals surface area contributed by atoms with Gasteiger partial charge >= 0.3 is 0 Å². The van der Waals surface area contributed by atoms with Gasteiger partial charge in [0.1, 0.15) is 6.17 Å². The lowest BCUT2D eigenvalue weighted by molar-refractivity contribution is -0.128. The second-order valence-electron chi connectivity index (χ2n) is 6.85. The van der Waals surface area contributed by atoms with E-state index in [9.17, 15) is 4.79 Å². The van der Waals surface area contributed by atoms with E-state index in [1.165, 1.54) is 0 Å². The fourth-order valence-corrected chi connectivity index (χ4v) is 3.63. The molecule has 0 saturated carbocycles. The summed E-state index contributed by atoms with van der Waals surface area (Å²) in [5.74, 6) is -0.0499. The fourth-order valence-electron chi connectivity index (χ4n) is 3.38. The molecule has 1 amide bonds. The molecule has 1 unspecified atom stereocenters. The van der Waals surface area contributed by atoms with Crippen LogP contribution in [0.5, 0.6) is 0 Å². The van der Waals surface area contributed by atoms with Crippen molar-refractivity contribution in [1.82, 2.24) is 9.91 Å². The van der Waals surface area contributed by atoms with E-state index in [-0.39, 0.29) is 12.1 Å². The standard InChI is InChI=1S/C23H19Cl2N3O/c24-20-10-6-17(7-11-20)14-26-28-22(29)16-27(15-18-4-2-1-3-5-18)23(28)19-8-12-21(25)13-9-19/h1-14,23H,15-16H2/b26-14+. The minimum absolute atomic E-state index is 0.0499. The second-order valence-corrected chi connectivity index (χ2v) is 7.72. The number of hydrogen-bond acceptors (Lipinski definition) is 3. The maximum absolute atomic E-state index is 12.8. The van der Waals surface area contributed by atoms with Gasteiger partial charge in [-0.05, 0) is 41.0 Å². The molecule has 0 aromatic heterocycles. The SMILES string of the molecule is O=C1CN(Cc2ccccc2)C(c2ccc(Cl)cc2)N1/N=C/c1ccc(Cl)cc1. The van der Waals surface area contributed by atoms with Crippen molar-refractivity contribution in [3.8, 4) is 0 Å². The van der Waals surface area contributed by atoms with Gasteiger partial charge in [-0.1, -0.05) is 77.8 Å². The molecule has 1 aliphatic heterocycles. The van der Waals surface area contributed by atoms with Gasteiger partial charge in [-0.15, -0.1) is 0 Å². The molecule has 0 spiro atoms. The number of hydrogen-bond donors (Lipinski definition) is 0. The number of rotatable bonds is 5. The normalized spacial score (nSPS) is 17.4. The third-order valence-electron chi connectivity index (χ3n) is 4.77. The van der Waals surface area contributed by atoms with E-state index in [1.807, 2.05) is 54.6 Å². The minimum Gasteiger partial charge on any atom is -0.271 e. The molecule has 0 aliphatic carbocycles. The van der Waals surface area contributed by atoms with Crippen LogP contribution in [-0.2, 0) is 11.3 Å². The van der Waals surface area contributed by atoms with Gasteiger partial charge in [0.2, 0.25) is 0 Å². The molecule has 1 saturated heterocycles.